The van der Waals surface area contributed by atoms with E-state index in [4.69, 9.17) is 11.6 Å². The number of benzene rings is 1. The van der Waals surface area contributed by atoms with Crippen LogP contribution in [0.5, 0.6) is 0 Å². The van der Waals surface area contributed by atoms with Gasteiger partial charge in [0.25, 0.3) is 0 Å². The molecule has 0 saturated heterocycles. The highest BCUT2D eigenvalue weighted by Crippen LogP contribution is 2.29. The topological polar surface area (TPSA) is 17.0 Å². The lowest BCUT2D eigenvalue weighted by Gasteiger charge is -2.16. The Hall–Kier alpha value is -2.26. The molecular formula is C26H32ClFN2. The van der Waals surface area contributed by atoms with Crippen molar-refractivity contribution < 1.29 is 4.39 Å². The van der Waals surface area contributed by atoms with Crippen molar-refractivity contribution >= 4 is 29.5 Å². The van der Waals surface area contributed by atoms with E-state index in [9.17, 15) is 0 Å². The van der Waals surface area contributed by atoms with Crippen LogP contribution in [0, 0.1) is 5.82 Å². The van der Waals surface area contributed by atoms with Crippen LogP contribution in [-0.4, -0.2) is 10.6 Å². The van der Waals surface area contributed by atoms with Crippen LogP contribution < -0.4 is 15.9 Å². The van der Waals surface area contributed by atoms with Crippen LogP contribution >= 0.6 is 11.6 Å². The van der Waals surface area contributed by atoms with Crippen LogP contribution in [0.1, 0.15) is 64.5 Å². The molecule has 1 N–H and O–H groups in total. The molecular weight excluding hydrogens is 395 g/mol. The standard InChI is InChI=1S/C26H32ClFN2/c1-5-7-8-9-10-25-19(6-2)13-14-30(25)17-22-23(27)15-20(16-24(22)28)26(18(3)4)29-21-11-12-21/h6,8-10,13-16,21,29H,5,7,11-12,17H2,1-4H3/b9-8-,19-6-,25-10+. The molecule has 1 aliphatic rings. The summed E-state index contributed by atoms with van der Waals surface area (Å²) < 4.78 is 17.2. The zero-order valence-electron chi connectivity index (χ0n) is 18.4. The highest BCUT2D eigenvalue weighted by atomic mass is 35.5. The van der Waals surface area contributed by atoms with Crippen molar-refractivity contribution in [2.75, 3.05) is 0 Å². The maximum atomic E-state index is 15.2. The molecule has 1 saturated carbocycles. The molecule has 1 fully saturated rings. The first-order valence-corrected chi connectivity index (χ1v) is 11.2. The number of aromatic nitrogens is 1. The van der Waals surface area contributed by atoms with Gasteiger partial charge in [-0.15, -0.1) is 0 Å². The van der Waals surface area contributed by atoms with Crippen LogP contribution in [-0.2, 0) is 6.54 Å². The van der Waals surface area contributed by atoms with Crippen molar-refractivity contribution in [2.24, 2.45) is 0 Å². The minimum Gasteiger partial charge on any atom is -0.382 e. The Balaban J connectivity index is 1.95. The van der Waals surface area contributed by atoms with E-state index in [1.54, 1.807) is 6.07 Å². The number of hydrogen-bond acceptors (Lipinski definition) is 1. The second-order valence-electron chi connectivity index (χ2n) is 8.17. The Morgan fingerprint density at radius 1 is 1.30 bits per heavy atom. The van der Waals surface area contributed by atoms with Crippen molar-refractivity contribution in [3.8, 4) is 0 Å². The molecule has 0 atom stereocenters. The smallest absolute Gasteiger partial charge is 0.130 e. The van der Waals surface area contributed by atoms with E-state index in [-0.39, 0.29) is 5.82 Å². The fraction of sp³-hybridized carbons (Fsp3) is 0.385. The van der Waals surface area contributed by atoms with Gasteiger partial charge in [0.15, 0.2) is 0 Å². The summed E-state index contributed by atoms with van der Waals surface area (Å²) in [7, 11) is 0. The van der Waals surface area contributed by atoms with E-state index >= 15 is 4.39 Å². The highest BCUT2D eigenvalue weighted by Gasteiger charge is 2.23. The molecule has 1 heterocycles. The molecule has 3 rings (SSSR count). The quantitative estimate of drug-likeness (QED) is 0.567. The second kappa shape index (κ2) is 10.2. The molecule has 0 bridgehead atoms. The summed E-state index contributed by atoms with van der Waals surface area (Å²) in [6.45, 7) is 8.66. The van der Waals surface area contributed by atoms with Gasteiger partial charge in [0.2, 0.25) is 0 Å². The molecule has 1 aromatic carbocycles. The summed E-state index contributed by atoms with van der Waals surface area (Å²) in [5.41, 5.74) is 3.46. The number of unbranched alkanes of at least 4 members (excludes halogenated alkanes) is 1. The van der Waals surface area contributed by atoms with Crippen molar-refractivity contribution in [1.29, 1.82) is 0 Å². The van der Waals surface area contributed by atoms with Gasteiger partial charge < -0.3 is 9.88 Å². The molecule has 2 aromatic rings. The van der Waals surface area contributed by atoms with E-state index in [0.717, 1.165) is 40.2 Å². The van der Waals surface area contributed by atoms with Crippen LogP contribution in [0.15, 0.2) is 42.1 Å². The number of nitrogens with zero attached hydrogens (tertiary/aromatic N) is 1. The summed E-state index contributed by atoms with van der Waals surface area (Å²) in [5.74, 6) is -0.267. The zero-order chi connectivity index (χ0) is 21.7. The van der Waals surface area contributed by atoms with Gasteiger partial charge >= 0.3 is 0 Å². The monoisotopic (exact) mass is 426 g/mol. The third-order valence-corrected chi connectivity index (χ3v) is 5.72. The maximum absolute atomic E-state index is 15.2. The summed E-state index contributed by atoms with van der Waals surface area (Å²) in [6.07, 6.45) is 14.9. The summed E-state index contributed by atoms with van der Waals surface area (Å²) in [6, 6.07) is 6.05. The van der Waals surface area contributed by atoms with Crippen molar-refractivity contribution in [3.63, 3.8) is 0 Å². The van der Waals surface area contributed by atoms with Crippen LogP contribution in [0.2, 0.25) is 5.02 Å². The van der Waals surface area contributed by atoms with Gasteiger partial charge in [-0.25, -0.2) is 4.39 Å². The lowest BCUT2D eigenvalue weighted by molar-refractivity contribution is 0.597. The molecule has 0 spiro atoms. The maximum Gasteiger partial charge on any atom is 0.130 e. The van der Waals surface area contributed by atoms with Crippen molar-refractivity contribution in [1.82, 2.24) is 9.88 Å². The van der Waals surface area contributed by atoms with E-state index < -0.39 is 0 Å². The summed E-state index contributed by atoms with van der Waals surface area (Å²) >= 11 is 6.59. The molecule has 0 unspecified atom stereocenters. The average molecular weight is 427 g/mol. The molecule has 1 aromatic heterocycles. The van der Waals surface area contributed by atoms with E-state index in [0.29, 0.717) is 23.2 Å². The van der Waals surface area contributed by atoms with Gasteiger partial charge in [0.05, 0.1) is 6.54 Å². The predicted molar refractivity (Wildman–Crippen MR) is 127 cm³/mol. The third-order valence-electron chi connectivity index (χ3n) is 5.38. The van der Waals surface area contributed by atoms with Gasteiger partial charge in [-0.1, -0.05) is 48.7 Å². The normalized spacial score (nSPS) is 15.3. The van der Waals surface area contributed by atoms with E-state index in [1.807, 2.05) is 33.0 Å². The lowest BCUT2D eigenvalue weighted by Crippen LogP contribution is -2.29. The Labute approximate surface area is 184 Å². The Morgan fingerprint density at radius 3 is 2.67 bits per heavy atom. The minimum absolute atomic E-state index is 0.267. The van der Waals surface area contributed by atoms with E-state index in [2.05, 4.69) is 47.2 Å². The van der Waals surface area contributed by atoms with Gasteiger partial charge in [0.1, 0.15) is 5.82 Å². The summed E-state index contributed by atoms with van der Waals surface area (Å²) in [5, 5.41) is 6.17. The molecule has 160 valence electrons. The summed E-state index contributed by atoms with van der Waals surface area (Å²) in [4.78, 5) is 0. The van der Waals surface area contributed by atoms with Gasteiger partial charge in [-0.05, 0) is 69.5 Å². The largest absolute Gasteiger partial charge is 0.382 e. The molecule has 4 heteroatoms. The Bertz CT molecular complexity index is 1040. The van der Waals surface area contributed by atoms with Crippen molar-refractivity contribution in [3.05, 3.63) is 74.7 Å². The minimum atomic E-state index is -0.267. The molecule has 0 aliphatic heterocycles. The SMILES string of the molecule is C/C=c1/ccn(Cc2c(F)cc(C(NC3CC3)=C(C)C)cc2Cl)/c1=C/C=C\CCC. The molecule has 0 radical (unpaired) electrons. The Kier molecular flexibility index (Phi) is 7.60. The van der Waals surface area contributed by atoms with Crippen LogP contribution in [0.3, 0.4) is 0 Å². The first kappa shape index (κ1) is 22.4. The van der Waals surface area contributed by atoms with Crippen molar-refractivity contribution in [2.45, 2.75) is 66.0 Å². The first-order valence-electron chi connectivity index (χ1n) is 10.8. The second-order valence-corrected chi connectivity index (χ2v) is 8.58. The molecule has 1 aliphatic carbocycles. The fourth-order valence-electron chi connectivity index (χ4n) is 3.51. The predicted octanol–water partition coefficient (Wildman–Crippen LogP) is 5.77. The number of allylic oxidation sites excluding steroid dienone is 3. The highest BCUT2D eigenvalue weighted by molar-refractivity contribution is 6.31. The van der Waals surface area contributed by atoms with Gasteiger partial charge in [0, 0.05) is 39.4 Å². The van der Waals surface area contributed by atoms with Gasteiger partial charge in [-0.2, -0.15) is 0 Å². The Morgan fingerprint density at radius 2 is 2.07 bits per heavy atom. The third kappa shape index (κ3) is 5.46. The number of halogens is 2. The van der Waals surface area contributed by atoms with E-state index in [1.165, 1.54) is 12.8 Å². The lowest BCUT2D eigenvalue weighted by atomic mass is 10.0. The molecule has 0 amide bonds. The average Bonchev–Trinajstić information content (AvgIpc) is 3.45. The zero-order valence-corrected chi connectivity index (χ0v) is 19.2. The number of rotatable bonds is 8. The first-order chi connectivity index (χ1) is 14.4. The number of hydrogen-bond donors (Lipinski definition) is 1. The number of nitrogens with one attached hydrogen (secondary N) is 1. The van der Waals surface area contributed by atoms with Gasteiger partial charge in [-0.3, -0.25) is 0 Å². The molecule has 30 heavy (non-hydrogen) atoms. The molecule has 2 nitrogen and oxygen atoms in total. The van der Waals surface area contributed by atoms with Crippen LogP contribution in [0.25, 0.3) is 17.8 Å². The van der Waals surface area contributed by atoms with Crippen LogP contribution in [0.4, 0.5) is 4.39 Å². The fourth-order valence-corrected chi connectivity index (χ4v) is 3.78.